The lowest BCUT2D eigenvalue weighted by Crippen LogP contribution is -2.48. The Morgan fingerprint density at radius 2 is 1.91 bits per heavy atom. The molecule has 0 radical (unpaired) electrons. The van der Waals surface area contributed by atoms with Crippen molar-refractivity contribution < 1.29 is 14.5 Å². The largest absolute Gasteiger partial charge is 0.496 e. The number of nitrogens with zero attached hydrogens (tertiary/aromatic N) is 4. The number of rotatable bonds is 6. The number of nitro groups is 1. The predicted octanol–water partition coefficient (Wildman–Crippen LogP) is 3.46. The molecule has 1 N–H and O–H groups in total. The fourth-order valence-electron chi connectivity index (χ4n) is 3.80. The van der Waals surface area contributed by atoms with Gasteiger partial charge in [0.05, 0.1) is 17.7 Å². The standard InChI is InChI=1S/C23H23N5O4/c1-32-21-7-3-2-6-19(21)20-12-13-22(26-25-20)27-14-4-5-17(15-27)24-23(29)16-8-10-18(11-9-16)28(30)31/h2-3,6-13,17H,4-5,14-15H2,1H3,(H,24,29). The number of aromatic nitrogens is 2. The first-order chi connectivity index (χ1) is 15.5. The molecule has 2 aromatic carbocycles. The van der Waals surface area contributed by atoms with Gasteiger partial charge >= 0.3 is 0 Å². The Morgan fingerprint density at radius 3 is 2.59 bits per heavy atom. The summed E-state index contributed by atoms with van der Waals surface area (Å²) in [5, 5.41) is 22.6. The van der Waals surface area contributed by atoms with Crippen molar-refractivity contribution in [2.24, 2.45) is 0 Å². The fourth-order valence-corrected chi connectivity index (χ4v) is 3.80. The van der Waals surface area contributed by atoms with Crippen molar-refractivity contribution in [2.75, 3.05) is 25.1 Å². The molecular formula is C23H23N5O4. The molecule has 0 spiro atoms. The summed E-state index contributed by atoms with van der Waals surface area (Å²) in [5.74, 6) is 1.24. The average Bonchev–Trinajstić information content (AvgIpc) is 2.84. The minimum atomic E-state index is -0.485. The third kappa shape index (κ3) is 4.66. The highest BCUT2D eigenvalue weighted by atomic mass is 16.6. The second-order valence-corrected chi connectivity index (χ2v) is 7.54. The summed E-state index contributed by atoms with van der Waals surface area (Å²) in [7, 11) is 1.62. The van der Waals surface area contributed by atoms with Crippen LogP contribution in [-0.2, 0) is 0 Å². The minimum absolute atomic E-state index is 0.0412. The topological polar surface area (TPSA) is 110 Å². The zero-order chi connectivity index (χ0) is 22.5. The first-order valence-corrected chi connectivity index (χ1v) is 10.3. The molecule has 1 saturated heterocycles. The van der Waals surface area contributed by atoms with Crippen LogP contribution in [0.3, 0.4) is 0 Å². The second-order valence-electron chi connectivity index (χ2n) is 7.54. The van der Waals surface area contributed by atoms with E-state index in [1.165, 1.54) is 24.3 Å². The molecular weight excluding hydrogens is 410 g/mol. The highest BCUT2D eigenvalue weighted by molar-refractivity contribution is 5.94. The number of amides is 1. The number of ether oxygens (including phenoxy) is 1. The molecule has 9 heteroatoms. The molecule has 1 unspecified atom stereocenters. The number of carbonyl (C=O) groups is 1. The molecule has 3 aromatic rings. The normalized spacial score (nSPS) is 15.8. The van der Waals surface area contributed by atoms with Crippen molar-refractivity contribution >= 4 is 17.4 Å². The molecule has 0 saturated carbocycles. The highest BCUT2D eigenvalue weighted by Crippen LogP contribution is 2.28. The number of hydrogen-bond acceptors (Lipinski definition) is 7. The van der Waals surface area contributed by atoms with E-state index in [0.29, 0.717) is 12.1 Å². The van der Waals surface area contributed by atoms with Crippen LogP contribution in [0.1, 0.15) is 23.2 Å². The maximum absolute atomic E-state index is 12.6. The highest BCUT2D eigenvalue weighted by Gasteiger charge is 2.23. The van der Waals surface area contributed by atoms with Gasteiger partial charge in [-0.25, -0.2) is 0 Å². The van der Waals surface area contributed by atoms with Gasteiger partial charge < -0.3 is 15.0 Å². The van der Waals surface area contributed by atoms with Crippen LogP contribution in [0.2, 0.25) is 0 Å². The summed E-state index contributed by atoms with van der Waals surface area (Å²) in [4.78, 5) is 25.0. The molecule has 1 aromatic heterocycles. The Hall–Kier alpha value is -4.01. The summed E-state index contributed by atoms with van der Waals surface area (Å²) in [6, 6.07) is 17.0. The zero-order valence-electron chi connectivity index (χ0n) is 17.6. The van der Waals surface area contributed by atoms with Crippen molar-refractivity contribution in [1.29, 1.82) is 0 Å². The first-order valence-electron chi connectivity index (χ1n) is 10.3. The van der Waals surface area contributed by atoms with Crippen molar-refractivity contribution in [3.63, 3.8) is 0 Å². The van der Waals surface area contributed by atoms with Crippen molar-refractivity contribution in [1.82, 2.24) is 15.5 Å². The molecule has 0 bridgehead atoms. The van der Waals surface area contributed by atoms with E-state index >= 15 is 0 Å². The molecule has 4 rings (SSSR count). The van der Waals surface area contributed by atoms with Gasteiger partial charge in [0.15, 0.2) is 5.82 Å². The van der Waals surface area contributed by atoms with Crippen LogP contribution in [0.15, 0.2) is 60.7 Å². The lowest BCUT2D eigenvalue weighted by atomic mass is 10.0. The quantitative estimate of drug-likeness (QED) is 0.468. The van der Waals surface area contributed by atoms with E-state index < -0.39 is 4.92 Å². The van der Waals surface area contributed by atoms with Crippen LogP contribution in [-0.4, -0.2) is 47.3 Å². The van der Waals surface area contributed by atoms with E-state index in [1.54, 1.807) is 7.11 Å². The molecule has 32 heavy (non-hydrogen) atoms. The van der Waals surface area contributed by atoms with Crippen LogP contribution in [0.4, 0.5) is 11.5 Å². The van der Waals surface area contributed by atoms with Crippen LogP contribution in [0.25, 0.3) is 11.3 Å². The molecule has 1 atom stereocenters. The maximum atomic E-state index is 12.6. The molecule has 0 aliphatic carbocycles. The van der Waals surface area contributed by atoms with Gasteiger partial charge in [0.2, 0.25) is 0 Å². The number of piperidine rings is 1. The average molecular weight is 433 g/mol. The molecule has 1 aliphatic heterocycles. The molecule has 164 valence electrons. The molecule has 1 amide bonds. The van der Waals surface area contributed by atoms with Crippen molar-refractivity contribution in [2.45, 2.75) is 18.9 Å². The van der Waals surface area contributed by atoms with Crippen LogP contribution in [0, 0.1) is 10.1 Å². The third-order valence-corrected chi connectivity index (χ3v) is 5.45. The summed E-state index contributed by atoms with van der Waals surface area (Å²) in [6.45, 7) is 1.44. The minimum Gasteiger partial charge on any atom is -0.496 e. The Morgan fingerprint density at radius 1 is 1.12 bits per heavy atom. The summed E-state index contributed by atoms with van der Waals surface area (Å²) < 4.78 is 5.40. The Labute approximate surface area is 185 Å². The predicted molar refractivity (Wildman–Crippen MR) is 120 cm³/mol. The van der Waals surface area contributed by atoms with Gasteiger partial charge in [-0.3, -0.25) is 14.9 Å². The van der Waals surface area contributed by atoms with Crippen molar-refractivity contribution in [3.8, 4) is 17.0 Å². The number of anilines is 1. The van der Waals surface area contributed by atoms with E-state index in [9.17, 15) is 14.9 Å². The van der Waals surface area contributed by atoms with Crippen LogP contribution >= 0.6 is 0 Å². The van der Waals surface area contributed by atoms with Gasteiger partial charge in [-0.05, 0) is 49.2 Å². The van der Waals surface area contributed by atoms with E-state index in [4.69, 9.17) is 4.74 Å². The molecule has 1 fully saturated rings. The number of benzene rings is 2. The number of nitrogens with one attached hydrogen (secondary N) is 1. The number of hydrogen-bond donors (Lipinski definition) is 1. The van der Waals surface area contributed by atoms with E-state index in [0.717, 1.165) is 42.2 Å². The van der Waals surface area contributed by atoms with Crippen LogP contribution < -0.4 is 15.0 Å². The van der Waals surface area contributed by atoms with Crippen molar-refractivity contribution in [3.05, 3.63) is 76.3 Å². The number of carbonyl (C=O) groups excluding carboxylic acids is 1. The van der Waals surface area contributed by atoms with Gasteiger partial charge in [-0.2, -0.15) is 0 Å². The number of methoxy groups -OCH3 is 1. The maximum Gasteiger partial charge on any atom is 0.269 e. The lowest BCUT2D eigenvalue weighted by molar-refractivity contribution is -0.384. The van der Waals surface area contributed by atoms with Crippen LogP contribution in [0.5, 0.6) is 5.75 Å². The first kappa shape index (κ1) is 21.2. The van der Waals surface area contributed by atoms with Gasteiger partial charge in [0, 0.05) is 42.4 Å². The Bertz CT molecular complexity index is 1100. The van der Waals surface area contributed by atoms with Gasteiger partial charge in [-0.15, -0.1) is 10.2 Å². The number of para-hydroxylation sites is 1. The van der Waals surface area contributed by atoms with Gasteiger partial charge in [-0.1, -0.05) is 12.1 Å². The lowest BCUT2D eigenvalue weighted by Gasteiger charge is -2.33. The number of non-ortho nitro benzene ring substituents is 1. The summed E-state index contributed by atoms with van der Waals surface area (Å²) in [5.41, 5.74) is 1.96. The molecule has 2 heterocycles. The summed E-state index contributed by atoms with van der Waals surface area (Å²) >= 11 is 0. The fraction of sp³-hybridized carbons (Fsp3) is 0.261. The Balaban J connectivity index is 1.41. The van der Waals surface area contributed by atoms with Gasteiger partial charge in [0.25, 0.3) is 11.6 Å². The van der Waals surface area contributed by atoms with Gasteiger partial charge in [0.1, 0.15) is 5.75 Å². The van der Waals surface area contributed by atoms with E-state index in [-0.39, 0.29) is 17.6 Å². The molecule has 9 nitrogen and oxygen atoms in total. The van der Waals surface area contributed by atoms with E-state index in [1.807, 2.05) is 36.4 Å². The SMILES string of the molecule is COc1ccccc1-c1ccc(N2CCCC(NC(=O)c3ccc([N+](=O)[O-])cc3)C2)nn1. The Kier molecular flexibility index (Phi) is 6.25. The zero-order valence-corrected chi connectivity index (χ0v) is 17.6. The molecule has 1 aliphatic rings. The van der Waals surface area contributed by atoms with E-state index in [2.05, 4.69) is 20.4 Å². The summed E-state index contributed by atoms with van der Waals surface area (Å²) in [6.07, 6.45) is 1.75. The monoisotopic (exact) mass is 433 g/mol. The third-order valence-electron chi connectivity index (χ3n) is 5.45. The smallest absolute Gasteiger partial charge is 0.269 e. The number of nitro benzene ring substituents is 1. The second kappa shape index (κ2) is 9.42.